The minimum absolute atomic E-state index is 0.363. The summed E-state index contributed by atoms with van der Waals surface area (Å²) in [7, 11) is 0. The number of rotatable bonds is 12. The van der Waals surface area contributed by atoms with Gasteiger partial charge >= 0.3 is 0 Å². The van der Waals surface area contributed by atoms with Crippen molar-refractivity contribution in [1.82, 2.24) is 0 Å². The fraction of sp³-hybridized carbons (Fsp3) is 0.929. The van der Waals surface area contributed by atoms with Crippen LogP contribution in [-0.2, 0) is 9.53 Å². The van der Waals surface area contributed by atoms with Gasteiger partial charge in [-0.3, -0.25) is 4.79 Å². The maximum Gasteiger partial charge on any atom is 0.135 e. The molecule has 0 heterocycles. The summed E-state index contributed by atoms with van der Waals surface area (Å²) in [6, 6.07) is 0. The molecule has 0 aliphatic rings. The first-order valence-electron chi connectivity index (χ1n) is 6.90. The van der Waals surface area contributed by atoms with Crippen LogP contribution in [0.25, 0.3) is 0 Å². The molecular formula is C14H28O2. The van der Waals surface area contributed by atoms with E-state index in [-0.39, 0.29) is 0 Å². The monoisotopic (exact) mass is 228 g/mol. The van der Waals surface area contributed by atoms with Crippen LogP contribution < -0.4 is 0 Å². The van der Waals surface area contributed by atoms with E-state index in [0.717, 1.165) is 12.8 Å². The van der Waals surface area contributed by atoms with Gasteiger partial charge in [-0.2, -0.15) is 0 Å². The average molecular weight is 228 g/mol. The smallest absolute Gasteiger partial charge is 0.135 e. The third-order valence-corrected chi connectivity index (χ3v) is 2.79. The van der Waals surface area contributed by atoms with Gasteiger partial charge < -0.3 is 4.74 Å². The second kappa shape index (κ2) is 12.7. The van der Waals surface area contributed by atoms with Crippen LogP contribution in [0.1, 0.15) is 71.6 Å². The van der Waals surface area contributed by atoms with Gasteiger partial charge in [0.05, 0.1) is 6.61 Å². The third-order valence-electron chi connectivity index (χ3n) is 2.79. The standard InChI is InChI=1S/C14H28O2/c1-3-5-6-7-8-9-10-11-14(15)12-13-16-4-2/h3-13H2,1-2H3. The number of ketones is 1. The summed E-state index contributed by atoms with van der Waals surface area (Å²) in [5, 5.41) is 0. The molecule has 0 N–H and O–H groups in total. The maximum absolute atomic E-state index is 11.4. The lowest BCUT2D eigenvalue weighted by atomic mass is 10.1. The van der Waals surface area contributed by atoms with E-state index in [1.54, 1.807) is 0 Å². The summed E-state index contributed by atoms with van der Waals surface area (Å²) in [4.78, 5) is 11.4. The molecule has 2 nitrogen and oxygen atoms in total. The van der Waals surface area contributed by atoms with Gasteiger partial charge in [-0.1, -0.05) is 45.4 Å². The number of carbonyl (C=O) groups excluding carboxylic acids is 1. The number of Topliss-reactive ketones (excluding diaryl/α,β-unsaturated/α-hetero) is 1. The highest BCUT2D eigenvalue weighted by atomic mass is 16.5. The highest BCUT2D eigenvalue weighted by Crippen LogP contribution is 2.09. The molecule has 0 rings (SSSR count). The summed E-state index contributed by atoms with van der Waals surface area (Å²) < 4.78 is 5.16. The lowest BCUT2D eigenvalue weighted by Gasteiger charge is -2.02. The second-order valence-corrected chi connectivity index (χ2v) is 4.36. The van der Waals surface area contributed by atoms with Crippen molar-refractivity contribution in [2.24, 2.45) is 0 Å². The van der Waals surface area contributed by atoms with Crippen LogP contribution in [0.4, 0.5) is 0 Å². The zero-order valence-corrected chi connectivity index (χ0v) is 11.1. The summed E-state index contributed by atoms with van der Waals surface area (Å²) >= 11 is 0. The van der Waals surface area contributed by atoms with E-state index in [4.69, 9.17) is 4.74 Å². The minimum Gasteiger partial charge on any atom is -0.381 e. The summed E-state index contributed by atoms with van der Waals surface area (Å²) in [5.41, 5.74) is 0. The second-order valence-electron chi connectivity index (χ2n) is 4.36. The van der Waals surface area contributed by atoms with Crippen LogP contribution in [-0.4, -0.2) is 19.0 Å². The predicted molar refractivity (Wildman–Crippen MR) is 68.7 cm³/mol. The van der Waals surface area contributed by atoms with Gasteiger partial charge in [-0.15, -0.1) is 0 Å². The van der Waals surface area contributed by atoms with Crippen LogP contribution in [0.15, 0.2) is 0 Å². The van der Waals surface area contributed by atoms with Crippen LogP contribution in [0.2, 0.25) is 0 Å². The summed E-state index contributed by atoms with van der Waals surface area (Å²) in [5.74, 6) is 0.363. The molecule has 2 heteroatoms. The zero-order chi connectivity index (χ0) is 12.1. The molecule has 0 aromatic carbocycles. The van der Waals surface area contributed by atoms with E-state index >= 15 is 0 Å². The Morgan fingerprint density at radius 1 is 0.875 bits per heavy atom. The first kappa shape index (κ1) is 15.6. The van der Waals surface area contributed by atoms with Gasteiger partial charge in [0.25, 0.3) is 0 Å². The molecule has 0 saturated carbocycles. The number of unbranched alkanes of at least 4 members (excludes halogenated alkanes) is 6. The van der Waals surface area contributed by atoms with Gasteiger partial charge in [-0.05, 0) is 13.3 Å². The molecular weight excluding hydrogens is 200 g/mol. The van der Waals surface area contributed by atoms with Crippen LogP contribution in [0.5, 0.6) is 0 Å². The summed E-state index contributed by atoms with van der Waals surface area (Å²) in [6.45, 7) is 5.51. The lowest BCUT2D eigenvalue weighted by molar-refractivity contribution is -0.120. The number of carbonyl (C=O) groups is 1. The molecule has 96 valence electrons. The number of hydrogen-bond acceptors (Lipinski definition) is 2. The molecule has 0 radical (unpaired) electrons. The van der Waals surface area contributed by atoms with E-state index in [9.17, 15) is 4.79 Å². The van der Waals surface area contributed by atoms with Crippen molar-refractivity contribution >= 4 is 5.78 Å². The molecule has 0 aliphatic heterocycles. The van der Waals surface area contributed by atoms with Crippen molar-refractivity contribution in [3.63, 3.8) is 0 Å². The quantitative estimate of drug-likeness (QED) is 0.470. The molecule has 0 bridgehead atoms. The fourth-order valence-electron chi connectivity index (χ4n) is 1.73. The minimum atomic E-state index is 0.363. The van der Waals surface area contributed by atoms with E-state index in [2.05, 4.69) is 6.92 Å². The van der Waals surface area contributed by atoms with Crippen molar-refractivity contribution in [1.29, 1.82) is 0 Å². The molecule has 0 aromatic rings. The Balaban J connectivity index is 3.09. The topological polar surface area (TPSA) is 26.3 Å². The van der Waals surface area contributed by atoms with Crippen molar-refractivity contribution in [3.8, 4) is 0 Å². The Kier molecular flexibility index (Phi) is 12.4. The van der Waals surface area contributed by atoms with Crippen molar-refractivity contribution in [2.45, 2.75) is 71.6 Å². The van der Waals surface area contributed by atoms with Crippen LogP contribution >= 0.6 is 0 Å². The molecule has 0 saturated heterocycles. The largest absolute Gasteiger partial charge is 0.381 e. The van der Waals surface area contributed by atoms with E-state index in [1.807, 2.05) is 6.92 Å². The first-order chi connectivity index (χ1) is 7.81. The van der Waals surface area contributed by atoms with Gasteiger partial charge in [0.2, 0.25) is 0 Å². The molecule has 0 spiro atoms. The highest BCUT2D eigenvalue weighted by Gasteiger charge is 2.01. The van der Waals surface area contributed by atoms with Crippen LogP contribution in [0, 0.1) is 0 Å². The molecule has 0 amide bonds. The Morgan fingerprint density at radius 2 is 1.50 bits per heavy atom. The van der Waals surface area contributed by atoms with E-state index in [0.29, 0.717) is 25.4 Å². The van der Waals surface area contributed by atoms with E-state index in [1.165, 1.54) is 38.5 Å². The molecule has 0 fully saturated rings. The third kappa shape index (κ3) is 11.7. The normalized spacial score (nSPS) is 10.6. The number of hydrogen-bond donors (Lipinski definition) is 0. The molecule has 0 unspecified atom stereocenters. The summed E-state index contributed by atoms with van der Waals surface area (Å²) in [6.07, 6.45) is 10.3. The SMILES string of the molecule is CCCCCCCCCC(=O)CCOCC. The number of ether oxygens (including phenoxy) is 1. The van der Waals surface area contributed by atoms with Crippen molar-refractivity contribution < 1.29 is 9.53 Å². The Bertz CT molecular complexity index is 155. The highest BCUT2D eigenvalue weighted by molar-refractivity contribution is 5.78. The van der Waals surface area contributed by atoms with E-state index < -0.39 is 0 Å². The molecule has 16 heavy (non-hydrogen) atoms. The Morgan fingerprint density at radius 3 is 2.12 bits per heavy atom. The Labute approximate surface area is 101 Å². The average Bonchev–Trinajstić information content (AvgIpc) is 2.28. The van der Waals surface area contributed by atoms with Crippen LogP contribution in [0.3, 0.4) is 0 Å². The predicted octanol–water partition coefficient (Wildman–Crippen LogP) is 4.12. The zero-order valence-electron chi connectivity index (χ0n) is 11.1. The molecule has 0 aromatic heterocycles. The maximum atomic E-state index is 11.4. The Hall–Kier alpha value is -0.370. The molecule has 0 aliphatic carbocycles. The van der Waals surface area contributed by atoms with Gasteiger partial charge in [-0.25, -0.2) is 0 Å². The van der Waals surface area contributed by atoms with Gasteiger partial charge in [0.1, 0.15) is 5.78 Å². The lowest BCUT2D eigenvalue weighted by Crippen LogP contribution is -2.03. The van der Waals surface area contributed by atoms with Crippen molar-refractivity contribution in [2.75, 3.05) is 13.2 Å². The van der Waals surface area contributed by atoms with Gasteiger partial charge in [0.15, 0.2) is 0 Å². The molecule has 0 atom stereocenters. The first-order valence-corrected chi connectivity index (χ1v) is 6.90. The fourth-order valence-corrected chi connectivity index (χ4v) is 1.73. The van der Waals surface area contributed by atoms with Gasteiger partial charge in [0, 0.05) is 19.4 Å². The van der Waals surface area contributed by atoms with Crippen molar-refractivity contribution in [3.05, 3.63) is 0 Å².